The SMILES string of the molecule is COc1ccc(N2CC(CCBr)OC2=O)cc1. The van der Waals surface area contributed by atoms with Crippen LogP contribution in [0.4, 0.5) is 10.5 Å². The van der Waals surface area contributed by atoms with Crippen molar-refractivity contribution in [3.8, 4) is 5.75 Å². The summed E-state index contributed by atoms with van der Waals surface area (Å²) in [4.78, 5) is 13.3. The van der Waals surface area contributed by atoms with E-state index in [0.29, 0.717) is 6.54 Å². The molecular formula is C12H14BrNO3. The van der Waals surface area contributed by atoms with Gasteiger partial charge in [-0.25, -0.2) is 4.79 Å². The number of amides is 1. The summed E-state index contributed by atoms with van der Waals surface area (Å²) in [6.45, 7) is 0.608. The van der Waals surface area contributed by atoms with Crippen LogP contribution < -0.4 is 9.64 Å². The second-order valence-electron chi connectivity index (χ2n) is 3.79. The predicted octanol–water partition coefficient (Wildman–Crippen LogP) is 2.81. The van der Waals surface area contributed by atoms with Crippen molar-refractivity contribution in [2.45, 2.75) is 12.5 Å². The summed E-state index contributed by atoms with van der Waals surface area (Å²) in [7, 11) is 1.62. The molecule has 0 N–H and O–H groups in total. The van der Waals surface area contributed by atoms with E-state index in [0.717, 1.165) is 23.2 Å². The third-order valence-corrected chi connectivity index (χ3v) is 3.15. The molecule has 1 amide bonds. The second kappa shape index (κ2) is 5.40. The standard InChI is InChI=1S/C12H14BrNO3/c1-16-10-4-2-9(3-5-10)14-8-11(6-7-13)17-12(14)15/h2-5,11H,6-8H2,1H3. The summed E-state index contributed by atoms with van der Waals surface area (Å²) in [6, 6.07) is 7.38. The Labute approximate surface area is 109 Å². The highest BCUT2D eigenvalue weighted by Gasteiger charge is 2.31. The Bertz CT molecular complexity index is 393. The highest BCUT2D eigenvalue weighted by Crippen LogP contribution is 2.25. The first kappa shape index (κ1) is 12.2. The van der Waals surface area contributed by atoms with Crippen LogP contribution in [0.3, 0.4) is 0 Å². The molecule has 1 aromatic carbocycles. The lowest BCUT2D eigenvalue weighted by Crippen LogP contribution is -2.24. The minimum Gasteiger partial charge on any atom is -0.497 e. The lowest BCUT2D eigenvalue weighted by Gasteiger charge is -2.13. The highest BCUT2D eigenvalue weighted by atomic mass is 79.9. The van der Waals surface area contributed by atoms with Crippen molar-refractivity contribution in [3.63, 3.8) is 0 Å². The lowest BCUT2D eigenvalue weighted by atomic mass is 10.2. The first-order valence-electron chi connectivity index (χ1n) is 5.42. The van der Waals surface area contributed by atoms with Crippen LogP contribution in [-0.2, 0) is 4.74 Å². The smallest absolute Gasteiger partial charge is 0.414 e. The van der Waals surface area contributed by atoms with Gasteiger partial charge >= 0.3 is 6.09 Å². The minimum atomic E-state index is -0.277. The molecule has 5 heteroatoms. The van der Waals surface area contributed by atoms with E-state index in [1.54, 1.807) is 12.0 Å². The first-order valence-corrected chi connectivity index (χ1v) is 6.55. The Balaban J connectivity index is 2.08. The molecule has 1 fully saturated rings. The number of carbonyl (C=O) groups is 1. The van der Waals surface area contributed by atoms with E-state index >= 15 is 0 Å². The van der Waals surface area contributed by atoms with Crippen LogP contribution in [0, 0.1) is 0 Å². The van der Waals surface area contributed by atoms with Gasteiger partial charge in [-0.05, 0) is 30.7 Å². The quantitative estimate of drug-likeness (QED) is 0.803. The zero-order valence-electron chi connectivity index (χ0n) is 9.56. The molecule has 1 aliphatic rings. The van der Waals surface area contributed by atoms with Crippen molar-refractivity contribution in [1.29, 1.82) is 0 Å². The summed E-state index contributed by atoms with van der Waals surface area (Å²) in [5.74, 6) is 0.776. The molecule has 1 saturated heterocycles. The summed E-state index contributed by atoms with van der Waals surface area (Å²) in [5, 5.41) is 0.835. The van der Waals surface area contributed by atoms with Crippen LogP contribution in [0.5, 0.6) is 5.75 Å². The van der Waals surface area contributed by atoms with Crippen molar-refractivity contribution in [2.24, 2.45) is 0 Å². The van der Waals surface area contributed by atoms with Gasteiger partial charge in [0.15, 0.2) is 0 Å². The molecule has 1 heterocycles. The number of hydrogen-bond acceptors (Lipinski definition) is 3. The molecule has 0 aromatic heterocycles. The maximum Gasteiger partial charge on any atom is 0.414 e. The van der Waals surface area contributed by atoms with Crippen LogP contribution in [0.2, 0.25) is 0 Å². The van der Waals surface area contributed by atoms with E-state index in [2.05, 4.69) is 15.9 Å². The van der Waals surface area contributed by atoms with Crippen LogP contribution >= 0.6 is 15.9 Å². The summed E-state index contributed by atoms with van der Waals surface area (Å²) in [5.41, 5.74) is 0.841. The molecule has 4 nitrogen and oxygen atoms in total. The first-order chi connectivity index (χ1) is 8.24. The number of anilines is 1. The zero-order chi connectivity index (χ0) is 12.3. The Hall–Kier alpha value is -1.23. The van der Waals surface area contributed by atoms with Crippen LogP contribution in [-0.4, -0.2) is 31.2 Å². The average molecular weight is 300 g/mol. The number of alkyl halides is 1. The summed E-state index contributed by atoms with van der Waals surface area (Å²) < 4.78 is 10.3. The van der Waals surface area contributed by atoms with E-state index in [1.807, 2.05) is 24.3 Å². The van der Waals surface area contributed by atoms with Crippen molar-refractivity contribution < 1.29 is 14.3 Å². The maximum atomic E-state index is 11.7. The average Bonchev–Trinajstić information content (AvgIpc) is 2.71. The molecule has 92 valence electrons. The van der Waals surface area contributed by atoms with Crippen LogP contribution in [0.1, 0.15) is 6.42 Å². The van der Waals surface area contributed by atoms with Gasteiger partial charge in [0.05, 0.1) is 13.7 Å². The summed E-state index contributed by atoms with van der Waals surface area (Å²) in [6.07, 6.45) is 0.531. The predicted molar refractivity (Wildman–Crippen MR) is 69.0 cm³/mol. The number of ether oxygens (including phenoxy) is 2. The molecule has 0 bridgehead atoms. The zero-order valence-corrected chi connectivity index (χ0v) is 11.1. The highest BCUT2D eigenvalue weighted by molar-refractivity contribution is 9.09. The van der Waals surface area contributed by atoms with Crippen molar-refractivity contribution in [2.75, 3.05) is 23.9 Å². The van der Waals surface area contributed by atoms with E-state index in [9.17, 15) is 4.79 Å². The van der Waals surface area contributed by atoms with Crippen LogP contribution in [0.25, 0.3) is 0 Å². The van der Waals surface area contributed by atoms with Gasteiger partial charge in [0.25, 0.3) is 0 Å². The third kappa shape index (κ3) is 2.72. The number of hydrogen-bond donors (Lipinski definition) is 0. The van der Waals surface area contributed by atoms with E-state index in [4.69, 9.17) is 9.47 Å². The van der Waals surface area contributed by atoms with Gasteiger partial charge in [0.2, 0.25) is 0 Å². The fourth-order valence-corrected chi connectivity index (χ4v) is 2.28. The molecule has 2 rings (SSSR count). The van der Waals surface area contributed by atoms with Gasteiger partial charge in [-0.1, -0.05) is 15.9 Å². The Morgan fingerprint density at radius 1 is 1.47 bits per heavy atom. The fraction of sp³-hybridized carbons (Fsp3) is 0.417. The molecule has 0 radical (unpaired) electrons. The largest absolute Gasteiger partial charge is 0.497 e. The van der Waals surface area contributed by atoms with Gasteiger partial charge in [-0.3, -0.25) is 4.90 Å². The molecule has 1 aliphatic heterocycles. The number of benzene rings is 1. The van der Waals surface area contributed by atoms with Crippen molar-refractivity contribution >= 4 is 27.7 Å². The molecule has 1 unspecified atom stereocenters. The molecule has 0 aliphatic carbocycles. The number of rotatable bonds is 4. The number of nitrogens with zero attached hydrogens (tertiary/aromatic N) is 1. The number of methoxy groups -OCH3 is 1. The Kier molecular flexibility index (Phi) is 3.89. The van der Waals surface area contributed by atoms with Crippen molar-refractivity contribution in [3.05, 3.63) is 24.3 Å². The van der Waals surface area contributed by atoms with E-state index < -0.39 is 0 Å². The fourth-order valence-electron chi connectivity index (χ4n) is 1.77. The van der Waals surface area contributed by atoms with Gasteiger partial charge in [0.1, 0.15) is 11.9 Å². The Morgan fingerprint density at radius 3 is 2.76 bits per heavy atom. The molecule has 0 saturated carbocycles. The van der Waals surface area contributed by atoms with Crippen molar-refractivity contribution in [1.82, 2.24) is 0 Å². The maximum absolute atomic E-state index is 11.7. The number of halogens is 1. The Morgan fingerprint density at radius 2 is 2.18 bits per heavy atom. The number of cyclic esters (lactones) is 1. The molecular weight excluding hydrogens is 286 g/mol. The summed E-state index contributed by atoms with van der Waals surface area (Å²) >= 11 is 3.35. The molecule has 17 heavy (non-hydrogen) atoms. The topological polar surface area (TPSA) is 38.8 Å². The molecule has 0 spiro atoms. The molecule has 1 aromatic rings. The molecule has 1 atom stereocenters. The van der Waals surface area contributed by atoms with Crippen LogP contribution in [0.15, 0.2) is 24.3 Å². The lowest BCUT2D eigenvalue weighted by molar-refractivity contribution is 0.140. The van der Waals surface area contributed by atoms with Gasteiger partial charge < -0.3 is 9.47 Å². The van der Waals surface area contributed by atoms with Gasteiger partial charge in [-0.15, -0.1) is 0 Å². The second-order valence-corrected chi connectivity index (χ2v) is 4.59. The van der Waals surface area contributed by atoms with Gasteiger partial charge in [-0.2, -0.15) is 0 Å². The van der Waals surface area contributed by atoms with E-state index in [-0.39, 0.29) is 12.2 Å². The monoisotopic (exact) mass is 299 g/mol. The normalized spacial score (nSPS) is 19.3. The minimum absolute atomic E-state index is 0.0241. The number of carbonyl (C=O) groups excluding carboxylic acids is 1. The van der Waals surface area contributed by atoms with Gasteiger partial charge in [0, 0.05) is 11.0 Å². The third-order valence-electron chi connectivity index (χ3n) is 2.69. The van der Waals surface area contributed by atoms with E-state index in [1.165, 1.54) is 0 Å².